The molecule has 0 N–H and O–H groups in total. The maximum absolute atomic E-state index is 4.67. The van der Waals surface area contributed by atoms with E-state index >= 15 is 0 Å². The van der Waals surface area contributed by atoms with E-state index in [4.69, 9.17) is 0 Å². The second kappa shape index (κ2) is 6.78. The number of hydrogen-bond donors (Lipinski definition) is 0. The van der Waals surface area contributed by atoms with Gasteiger partial charge >= 0.3 is 0 Å². The van der Waals surface area contributed by atoms with Gasteiger partial charge < -0.3 is 4.57 Å². The van der Waals surface area contributed by atoms with Gasteiger partial charge in [0, 0.05) is 29.4 Å². The lowest BCUT2D eigenvalue weighted by molar-refractivity contribution is 0.332. The molecule has 132 valence electrons. The minimum atomic E-state index is 0.555. The molecule has 1 saturated carbocycles. The highest BCUT2D eigenvalue weighted by Gasteiger charge is 2.21. The van der Waals surface area contributed by atoms with Crippen LogP contribution < -0.4 is 0 Å². The molecule has 0 aromatic carbocycles. The van der Waals surface area contributed by atoms with Crippen molar-refractivity contribution in [1.82, 2.24) is 29.1 Å². The van der Waals surface area contributed by atoms with Crippen molar-refractivity contribution in [2.24, 2.45) is 0 Å². The van der Waals surface area contributed by atoms with Crippen LogP contribution in [0.4, 0.5) is 0 Å². The van der Waals surface area contributed by atoms with Crippen molar-refractivity contribution in [2.45, 2.75) is 69.8 Å². The molecule has 0 aliphatic heterocycles. The summed E-state index contributed by atoms with van der Waals surface area (Å²) in [5.74, 6) is 2.59. The van der Waals surface area contributed by atoms with E-state index in [1.807, 2.05) is 6.92 Å². The molecule has 1 fully saturated rings. The van der Waals surface area contributed by atoms with E-state index in [1.54, 1.807) is 11.8 Å². The fourth-order valence-electron chi connectivity index (χ4n) is 3.73. The lowest BCUT2D eigenvalue weighted by atomic mass is 9.95. The predicted octanol–water partition coefficient (Wildman–Crippen LogP) is 4.04. The van der Waals surface area contributed by atoms with Gasteiger partial charge in [-0.15, -0.1) is 10.2 Å². The van der Waals surface area contributed by atoms with Gasteiger partial charge in [0.25, 0.3) is 0 Å². The minimum absolute atomic E-state index is 0.555. The maximum atomic E-state index is 4.67. The fraction of sp³-hybridized carbons (Fsp3) is 0.556. The molecule has 0 radical (unpaired) electrons. The van der Waals surface area contributed by atoms with E-state index in [-0.39, 0.29) is 0 Å². The van der Waals surface area contributed by atoms with Crippen LogP contribution in [0.15, 0.2) is 17.4 Å². The number of nitrogens with zero attached hydrogens (tertiary/aromatic N) is 6. The van der Waals surface area contributed by atoms with E-state index in [2.05, 4.69) is 55.2 Å². The normalized spacial score (nSPS) is 16.0. The van der Waals surface area contributed by atoms with Gasteiger partial charge in [0.15, 0.2) is 5.16 Å². The molecule has 3 aromatic heterocycles. The summed E-state index contributed by atoms with van der Waals surface area (Å²) in [6.45, 7) is 6.15. The second-order valence-electron chi connectivity index (χ2n) is 6.92. The average molecular weight is 356 g/mol. The van der Waals surface area contributed by atoms with Gasteiger partial charge in [-0.05, 0) is 39.7 Å². The first-order valence-electron chi connectivity index (χ1n) is 8.98. The Balaban J connectivity index is 1.55. The van der Waals surface area contributed by atoms with E-state index in [0.29, 0.717) is 6.04 Å². The Kier molecular flexibility index (Phi) is 4.50. The highest BCUT2D eigenvalue weighted by atomic mass is 32.2. The Morgan fingerprint density at radius 2 is 1.88 bits per heavy atom. The molecule has 0 amide bonds. The molecule has 6 nitrogen and oxygen atoms in total. The third kappa shape index (κ3) is 3.29. The predicted molar refractivity (Wildman–Crippen MR) is 98.9 cm³/mol. The van der Waals surface area contributed by atoms with Gasteiger partial charge in [0.2, 0.25) is 5.78 Å². The van der Waals surface area contributed by atoms with Crippen molar-refractivity contribution in [3.63, 3.8) is 0 Å². The number of hydrogen-bond acceptors (Lipinski definition) is 5. The molecule has 1 aliphatic carbocycles. The molecule has 3 aromatic rings. The molecule has 3 heterocycles. The molecule has 7 heteroatoms. The molecule has 0 spiro atoms. The molecule has 25 heavy (non-hydrogen) atoms. The van der Waals surface area contributed by atoms with Crippen molar-refractivity contribution in [1.29, 1.82) is 0 Å². The van der Waals surface area contributed by atoms with Crippen LogP contribution >= 0.6 is 11.8 Å². The van der Waals surface area contributed by atoms with Crippen molar-refractivity contribution < 1.29 is 0 Å². The van der Waals surface area contributed by atoms with Gasteiger partial charge in [0.05, 0.1) is 5.69 Å². The van der Waals surface area contributed by atoms with Crippen LogP contribution in [0.5, 0.6) is 0 Å². The number of thioether (sulfide) groups is 1. The molecule has 0 saturated heterocycles. The quantitative estimate of drug-likeness (QED) is 0.660. The third-order valence-corrected chi connectivity index (χ3v) is 5.91. The summed E-state index contributed by atoms with van der Waals surface area (Å²) in [6, 6.07) is 2.63. The third-order valence-electron chi connectivity index (χ3n) is 4.94. The molecule has 4 rings (SSSR count). The van der Waals surface area contributed by atoms with Crippen LogP contribution in [0.25, 0.3) is 5.78 Å². The van der Waals surface area contributed by atoms with Crippen LogP contribution in [-0.4, -0.2) is 29.1 Å². The van der Waals surface area contributed by atoms with Crippen molar-refractivity contribution in [3.8, 4) is 0 Å². The van der Waals surface area contributed by atoms with Crippen molar-refractivity contribution in [3.05, 3.63) is 35.2 Å². The fourth-order valence-corrected chi connectivity index (χ4v) is 4.67. The summed E-state index contributed by atoms with van der Waals surface area (Å²) in [4.78, 5) is 9.19. The number of fused-ring (bicyclic) bond motifs is 1. The lowest BCUT2D eigenvalue weighted by Crippen LogP contribution is -2.15. The Morgan fingerprint density at radius 1 is 1.08 bits per heavy atom. The summed E-state index contributed by atoms with van der Waals surface area (Å²) < 4.78 is 4.40. The van der Waals surface area contributed by atoms with E-state index in [1.165, 1.54) is 32.1 Å². The summed E-state index contributed by atoms with van der Waals surface area (Å²) in [6.07, 6.45) is 8.53. The Morgan fingerprint density at radius 3 is 2.68 bits per heavy atom. The molecule has 0 atom stereocenters. The summed E-state index contributed by atoms with van der Waals surface area (Å²) in [5, 5.41) is 9.76. The van der Waals surface area contributed by atoms with Gasteiger partial charge in [-0.2, -0.15) is 0 Å². The van der Waals surface area contributed by atoms with E-state index in [9.17, 15) is 0 Å². The Bertz CT molecular complexity index is 890. The van der Waals surface area contributed by atoms with Crippen molar-refractivity contribution in [2.75, 3.05) is 0 Å². The lowest BCUT2D eigenvalue weighted by Gasteiger charge is -2.24. The molecular formula is C18H24N6S. The topological polar surface area (TPSA) is 60.9 Å². The number of aryl methyl sites for hydroxylation is 3. The number of aromatic nitrogens is 6. The van der Waals surface area contributed by atoms with Crippen LogP contribution in [-0.2, 0) is 5.75 Å². The van der Waals surface area contributed by atoms with Gasteiger partial charge in [-0.1, -0.05) is 31.0 Å². The average Bonchev–Trinajstić information content (AvgIpc) is 3.17. The summed E-state index contributed by atoms with van der Waals surface area (Å²) >= 11 is 1.73. The molecule has 0 bridgehead atoms. The highest BCUT2D eigenvalue weighted by Crippen LogP contribution is 2.33. The minimum Gasteiger partial charge on any atom is -0.303 e. The maximum Gasteiger partial charge on any atom is 0.234 e. The summed E-state index contributed by atoms with van der Waals surface area (Å²) in [5.41, 5.74) is 3.19. The Hall–Kier alpha value is -1.89. The zero-order chi connectivity index (χ0) is 17.4. The zero-order valence-corrected chi connectivity index (χ0v) is 15.9. The highest BCUT2D eigenvalue weighted by molar-refractivity contribution is 7.98. The first-order valence-corrected chi connectivity index (χ1v) is 9.97. The largest absolute Gasteiger partial charge is 0.303 e. The Labute approximate surface area is 152 Å². The van der Waals surface area contributed by atoms with E-state index in [0.717, 1.165) is 39.6 Å². The molecular weight excluding hydrogens is 332 g/mol. The molecule has 1 aliphatic rings. The molecule has 0 unspecified atom stereocenters. The monoisotopic (exact) mass is 356 g/mol. The number of rotatable bonds is 4. The van der Waals surface area contributed by atoms with Crippen LogP contribution in [0.2, 0.25) is 0 Å². The van der Waals surface area contributed by atoms with Gasteiger partial charge in [0.1, 0.15) is 5.82 Å². The summed E-state index contributed by atoms with van der Waals surface area (Å²) in [7, 11) is 0. The van der Waals surface area contributed by atoms with Crippen molar-refractivity contribution >= 4 is 17.5 Å². The first-order chi connectivity index (χ1) is 12.1. The van der Waals surface area contributed by atoms with Crippen LogP contribution in [0, 0.1) is 20.8 Å². The van der Waals surface area contributed by atoms with Crippen LogP contribution in [0.1, 0.15) is 61.1 Å². The van der Waals surface area contributed by atoms with Gasteiger partial charge in [-0.25, -0.2) is 9.97 Å². The number of imidazole rings is 1. The standard InChI is InChI=1S/C18H24N6S/c1-12-9-13(2)23-10-15(20-17(23)19-12)11-25-18-22-21-14(3)24(18)16-7-5-4-6-8-16/h9-10,16H,4-8,11H2,1-3H3. The van der Waals surface area contributed by atoms with Gasteiger partial charge in [-0.3, -0.25) is 4.40 Å². The SMILES string of the molecule is Cc1cc(C)n2cc(CSc3nnc(C)n3C3CCCCC3)nc2n1. The second-order valence-corrected chi connectivity index (χ2v) is 7.86. The first kappa shape index (κ1) is 16.6. The zero-order valence-electron chi connectivity index (χ0n) is 15.1. The van der Waals surface area contributed by atoms with Crippen LogP contribution in [0.3, 0.4) is 0 Å². The van der Waals surface area contributed by atoms with E-state index < -0.39 is 0 Å². The smallest absolute Gasteiger partial charge is 0.234 e.